The molecule has 2 N–H and O–H groups in total. The minimum atomic E-state index is -0.347. The van der Waals surface area contributed by atoms with Crippen molar-refractivity contribution in [2.24, 2.45) is 5.73 Å². The Balaban J connectivity index is 1.72. The Morgan fingerprint density at radius 1 is 1.00 bits per heavy atom. The number of rotatable bonds is 7. The quantitative estimate of drug-likeness (QED) is 0.619. The van der Waals surface area contributed by atoms with Gasteiger partial charge in [-0.25, -0.2) is 9.97 Å². The highest BCUT2D eigenvalue weighted by atomic mass is 16.5. The summed E-state index contributed by atoms with van der Waals surface area (Å²) >= 11 is 0. The van der Waals surface area contributed by atoms with Crippen molar-refractivity contribution in [3.05, 3.63) is 66.0 Å². The van der Waals surface area contributed by atoms with Crippen molar-refractivity contribution in [3.63, 3.8) is 0 Å². The Bertz CT molecular complexity index is 1090. The molecule has 3 aromatic rings. The van der Waals surface area contributed by atoms with E-state index in [0.717, 1.165) is 66.6 Å². The summed E-state index contributed by atoms with van der Waals surface area (Å²) in [6, 6.07) is 15.9. The average Bonchev–Trinajstić information content (AvgIpc) is 2.81. The van der Waals surface area contributed by atoms with Gasteiger partial charge in [-0.05, 0) is 42.4 Å². The first-order chi connectivity index (χ1) is 15.5. The lowest BCUT2D eigenvalue weighted by molar-refractivity contribution is -0.117. The number of benzene rings is 2. The number of carbonyl (C=O) groups excluding carboxylic acids is 1. The molecular formula is C25H29N5O2. The summed E-state index contributed by atoms with van der Waals surface area (Å²) in [7, 11) is 3.81. The zero-order valence-electron chi connectivity index (χ0n) is 18.6. The second-order valence-corrected chi connectivity index (χ2v) is 8.20. The van der Waals surface area contributed by atoms with E-state index in [1.807, 2.05) is 42.5 Å². The van der Waals surface area contributed by atoms with Gasteiger partial charge in [0.05, 0.1) is 24.9 Å². The maximum absolute atomic E-state index is 11.5. The number of para-hydroxylation sites is 1. The molecule has 1 aliphatic heterocycles. The van der Waals surface area contributed by atoms with Gasteiger partial charge in [-0.15, -0.1) is 0 Å². The Kier molecular flexibility index (Phi) is 6.78. The molecule has 0 radical (unpaired) electrons. The molecule has 1 fully saturated rings. The van der Waals surface area contributed by atoms with Crippen LogP contribution in [0.3, 0.4) is 0 Å². The van der Waals surface area contributed by atoms with E-state index in [1.165, 1.54) is 5.56 Å². The van der Waals surface area contributed by atoms with E-state index in [0.29, 0.717) is 0 Å². The number of ether oxygens (including phenoxy) is 1. The molecular weight excluding hydrogens is 402 g/mol. The van der Waals surface area contributed by atoms with Crippen molar-refractivity contribution in [2.45, 2.75) is 13.0 Å². The van der Waals surface area contributed by atoms with E-state index < -0.39 is 0 Å². The Morgan fingerprint density at radius 3 is 2.44 bits per heavy atom. The van der Waals surface area contributed by atoms with Gasteiger partial charge in [0.15, 0.2) is 0 Å². The normalized spacial score (nSPS) is 14.9. The molecule has 0 aliphatic carbocycles. The molecule has 0 spiro atoms. The van der Waals surface area contributed by atoms with Crippen molar-refractivity contribution in [3.8, 4) is 28.3 Å². The Morgan fingerprint density at radius 2 is 1.72 bits per heavy atom. The third-order valence-corrected chi connectivity index (χ3v) is 5.87. The second-order valence-electron chi connectivity index (χ2n) is 8.20. The number of hydrogen-bond acceptors (Lipinski definition) is 6. The molecule has 166 valence electrons. The molecule has 1 aliphatic rings. The molecule has 1 saturated heterocycles. The zero-order valence-corrected chi connectivity index (χ0v) is 18.6. The SMILES string of the molecule is COc1ccccc1-c1cc(-c2cc(CC(N)=O)ccc2CN2CCN(C)CC2)ncn1. The van der Waals surface area contributed by atoms with E-state index in [2.05, 4.69) is 32.9 Å². The van der Waals surface area contributed by atoms with Gasteiger partial charge in [0.2, 0.25) is 5.91 Å². The van der Waals surface area contributed by atoms with Crippen LogP contribution >= 0.6 is 0 Å². The minimum Gasteiger partial charge on any atom is -0.496 e. The van der Waals surface area contributed by atoms with Gasteiger partial charge in [0.25, 0.3) is 0 Å². The van der Waals surface area contributed by atoms with Crippen LogP contribution in [0.4, 0.5) is 0 Å². The van der Waals surface area contributed by atoms with Crippen LogP contribution in [0.5, 0.6) is 5.75 Å². The smallest absolute Gasteiger partial charge is 0.221 e. The van der Waals surface area contributed by atoms with Crippen molar-refractivity contribution in [1.29, 1.82) is 0 Å². The summed E-state index contributed by atoms with van der Waals surface area (Å²) in [6.45, 7) is 4.99. The van der Waals surface area contributed by atoms with E-state index in [4.69, 9.17) is 10.5 Å². The number of piperazine rings is 1. The zero-order chi connectivity index (χ0) is 22.5. The van der Waals surface area contributed by atoms with Crippen LogP contribution in [0, 0.1) is 0 Å². The van der Waals surface area contributed by atoms with Crippen molar-refractivity contribution in [1.82, 2.24) is 19.8 Å². The number of hydrogen-bond donors (Lipinski definition) is 1. The van der Waals surface area contributed by atoms with E-state index >= 15 is 0 Å². The molecule has 7 nitrogen and oxygen atoms in total. The van der Waals surface area contributed by atoms with Crippen molar-refractivity contribution in [2.75, 3.05) is 40.3 Å². The highest BCUT2D eigenvalue weighted by Crippen LogP contribution is 2.32. The fourth-order valence-electron chi connectivity index (χ4n) is 4.07. The summed E-state index contributed by atoms with van der Waals surface area (Å²) in [5, 5.41) is 0. The number of nitrogens with zero attached hydrogens (tertiary/aromatic N) is 4. The molecule has 32 heavy (non-hydrogen) atoms. The lowest BCUT2D eigenvalue weighted by atomic mass is 9.97. The van der Waals surface area contributed by atoms with Gasteiger partial charge in [0, 0.05) is 43.9 Å². The fourth-order valence-corrected chi connectivity index (χ4v) is 4.07. The van der Waals surface area contributed by atoms with Gasteiger partial charge in [0.1, 0.15) is 12.1 Å². The molecule has 0 bridgehead atoms. The summed E-state index contributed by atoms with van der Waals surface area (Å²) in [4.78, 5) is 25.4. The third-order valence-electron chi connectivity index (χ3n) is 5.87. The van der Waals surface area contributed by atoms with E-state index in [1.54, 1.807) is 13.4 Å². The standard InChI is InChI=1S/C25H29N5O2/c1-29-9-11-30(12-10-29)16-19-8-7-18(14-25(26)31)13-21(19)23-15-22(27-17-28-23)20-5-3-4-6-24(20)32-2/h3-8,13,15,17H,9-12,14,16H2,1-2H3,(H2,26,31). The Labute approximate surface area is 188 Å². The summed E-state index contributed by atoms with van der Waals surface area (Å²) < 4.78 is 5.52. The van der Waals surface area contributed by atoms with Crippen molar-refractivity contribution < 1.29 is 9.53 Å². The lowest BCUT2D eigenvalue weighted by Crippen LogP contribution is -2.43. The maximum Gasteiger partial charge on any atom is 0.221 e. The van der Waals surface area contributed by atoms with Gasteiger partial charge in [-0.3, -0.25) is 9.69 Å². The highest BCUT2D eigenvalue weighted by molar-refractivity contribution is 5.78. The first-order valence-corrected chi connectivity index (χ1v) is 10.8. The minimum absolute atomic E-state index is 0.201. The molecule has 4 rings (SSSR count). The van der Waals surface area contributed by atoms with E-state index in [9.17, 15) is 4.79 Å². The van der Waals surface area contributed by atoms with Crippen molar-refractivity contribution >= 4 is 5.91 Å². The van der Waals surface area contributed by atoms with Gasteiger partial charge >= 0.3 is 0 Å². The highest BCUT2D eigenvalue weighted by Gasteiger charge is 2.18. The molecule has 0 unspecified atom stereocenters. The van der Waals surface area contributed by atoms with Crippen LogP contribution in [-0.2, 0) is 17.8 Å². The average molecular weight is 432 g/mol. The fraction of sp³-hybridized carbons (Fsp3) is 0.320. The molecule has 0 atom stereocenters. The maximum atomic E-state index is 11.5. The predicted octanol–water partition coefficient (Wildman–Crippen LogP) is 2.59. The number of likely N-dealkylation sites (N-methyl/N-ethyl adjacent to an activating group) is 1. The largest absolute Gasteiger partial charge is 0.496 e. The predicted molar refractivity (Wildman–Crippen MR) is 125 cm³/mol. The number of nitrogens with two attached hydrogens (primary N) is 1. The number of amides is 1. The summed E-state index contributed by atoms with van der Waals surface area (Å²) in [6.07, 6.45) is 1.78. The summed E-state index contributed by atoms with van der Waals surface area (Å²) in [5.41, 5.74) is 11.0. The van der Waals surface area contributed by atoms with Crippen LogP contribution in [0.15, 0.2) is 54.9 Å². The third kappa shape index (κ3) is 5.12. The first-order valence-electron chi connectivity index (χ1n) is 10.8. The van der Waals surface area contributed by atoms with Crippen LogP contribution in [0.25, 0.3) is 22.5 Å². The van der Waals surface area contributed by atoms with Crippen LogP contribution in [-0.4, -0.2) is 66.0 Å². The molecule has 7 heteroatoms. The van der Waals surface area contributed by atoms with Crippen LogP contribution in [0.1, 0.15) is 11.1 Å². The van der Waals surface area contributed by atoms with Crippen LogP contribution in [0.2, 0.25) is 0 Å². The number of methoxy groups -OCH3 is 1. The van der Waals surface area contributed by atoms with Gasteiger partial charge in [-0.2, -0.15) is 0 Å². The number of primary amides is 1. The van der Waals surface area contributed by atoms with E-state index in [-0.39, 0.29) is 12.3 Å². The monoisotopic (exact) mass is 431 g/mol. The first kappa shape index (κ1) is 21.9. The van der Waals surface area contributed by atoms with Crippen LogP contribution < -0.4 is 10.5 Å². The van der Waals surface area contributed by atoms with Gasteiger partial charge < -0.3 is 15.4 Å². The second kappa shape index (κ2) is 9.89. The summed E-state index contributed by atoms with van der Waals surface area (Å²) in [5.74, 6) is 0.414. The number of carbonyl (C=O) groups is 1. The molecule has 2 aromatic carbocycles. The van der Waals surface area contributed by atoms with Gasteiger partial charge in [-0.1, -0.05) is 24.3 Å². The number of aromatic nitrogens is 2. The molecule has 0 saturated carbocycles. The molecule has 1 amide bonds. The topological polar surface area (TPSA) is 84.6 Å². The lowest BCUT2D eigenvalue weighted by Gasteiger charge is -2.32. The Hall–Kier alpha value is -3.29. The molecule has 1 aromatic heterocycles. The molecule has 2 heterocycles.